The van der Waals surface area contributed by atoms with Crippen LogP contribution in [0.4, 0.5) is 0 Å². The van der Waals surface area contributed by atoms with Gasteiger partial charge in [-0.25, -0.2) is 0 Å². The van der Waals surface area contributed by atoms with Crippen LogP contribution in [0.15, 0.2) is 24.4 Å². The predicted molar refractivity (Wildman–Crippen MR) is 77.3 cm³/mol. The number of nitrogens with zero attached hydrogens (tertiary/aromatic N) is 1. The molecule has 0 aliphatic rings. The Labute approximate surface area is 121 Å². The average molecular weight is 291 g/mol. The minimum atomic E-state index is 0.324. The number of aromatic nitrogens is 1. The summed E-state index contributed by atoms with van der Waals surface area (Å²) >= 11 is 11.1. The van der Waals surface area contributed by atoms with E-state index in [1.807, 2.05) is 19.9 Å². The number of halogens is 1. The molecule has 2 aromatic rings. The van der Waals surface area contributed by atoms with Gasteiger partial charge in [0.15, 0.2) is 0 Å². The van der Waals surface area contributed by atoms with E-state index < -0.39 is 0 Å². The monoisotopic (exact) mass is 290 g/mol. The van der Waals surface area contributed by atoms with Gasteiger partial charge < -0.3 is 9.72 Å². The molecule has 0 unspecified atom stereocenters. The highest BCUT2D eigenvalue weighted by Crippen LogP contribution is 2.32. The second kappa shape index (κ2) is 5.43. The van der Waals surface area contributed by atoms with Gasteiger partial charge in [0, 0.05) is 11.2 Å². The van der Waals surface area contributed by atoms with Crippen LogP contribution in [0.2, 0.25) is 5.02 Å². The number of hydrogen-bond donors (Lipinski definition) is 1. The second-order valence-corrected chi connectivity index (χ2v) is 4.87. The molecule has 5 heteroatoms. The van der Waals surface area contributed by atoms with Crippen LogP contribution in [-0.2, 0) is 0 Å². The van der Waals surface area contributed by atoms with Gasteiger partial charge in [0.05, 0.1) is 0 Å². The van der Waals surface area contributed by atoms with Crippen LogP contribution >= 0.6 is 23.8 Å². The van der Waals surface area contributed by atoms with Gasteiger partial charge in [-0.15, -0.1) is 0 Å². The van der Waals surface area contributed by atoms with Crippen LogP contribution in [0.25, 0.3) is 0 Å². The third kappa shape index (κ3) is 2.62. The summed E-state index contributed by atoms with van der Waals surface area (Å²) in [6.45, 7) is 3.85. The molecule has 1 aromatic heterocycles. The Balaban J connectivity index is 2.49. The maximum atomic E-state index is 9.11. The van der Waals surface area contributed by atoms with Crippen molar-refractivity contribution in [1.29, 1.82) is 5.26 Å². The first-order valence-corrected chi connectivity index (χ1v) is 6.38. The first kappa shape index (κ1) is 13.6. The third-order valence-corrected chi connectivity index (χ3v) is 3.66. The number of ether oxygens (including phenoxy) is 1. The van der Waals surface area contributed by atoms with Crippen molar-refractivity contribution < 1.29 is 4.74 Å². The molecule has 3 nitrogen and oxygen atoms in total. The lowest BCUT2D eigenvalue weighted by Gasteiger charge is -2.12. The number of hydrogen-bond acceptors (Lipinski definition) is 3. The van der Waals surface area contributed by atoms with Crippen LogP contribution in [0.5, 0.6) is 11.5 Å². The number of benzene rings is 1. The van der Waals surface area contributed by atoms with Crippen molar-refractivity contribution in [2.24, 2.45) is 0 Å². The fourth-order valence-electron chi connectivity index (χ4n) is 1.64. The number of aromatic amines is 1. The van der Waals surface area contributed by atoms with Crippen LogP contribution < -0.4 is 4.74 Å². The standard InChI is InChI=1S/C14H11ClN2OS/c1-8-9(2)12(4-3-11(8)15)18-13-5-6-17-14(19)10(13)7-16/h3-6H,1-2H3,(H,17,19). The highest BCUT2D eigenvalue weighted by atomic mass is 35.5. The van der Waals surface area contributed by atoms with Crippen molar-refractivity contribution in [1.82, 2.24) is 4.98 Å². The number of pyridine rings is 1. The summed E-state index contributed by atoms with van der Waals surface area (Å²) in [7, 11) is 0. The van der Waals surface area contributed by atoms with Gasteiger partial charge in [-0.2, -0.15) is 5.26 Å². The Hall–Kier alpha value is -1.83. The average Bonchev–Trinajstić information content (AvgIpc) is 2.40. The van der Waals surface area contributed by atoms with Gasteiger partial charge in [0.2, 0.25) is 0 Å². The molecular weight excluding hydrogens is 280 g/mol. The lowest BCUT2D eigenvalue weighted by Crippen LogP contribution is -1.94. The SMILES string of the molecule is Cc1c(Cl)ccc(Oc2cc[nH]c(=S)c2C#N)c1C. The molecule has 0 fully saturated rings. The van der Waals surface area contributed by atoms with E-state index in [1.165, 1.54) is 0 Å². The zero-order valence-electron chi connectivity index (χ0n) is 10.5. The first-order chi connectivity index (χ1) is 9.04. The van der Waals surface area contributed by atoms with E-state index in [0.29, 0.717) is 26.7 Å². The van der Waals surface area contributed by atoms with E-state index in [2.05, 4.69) is 4.98 Å². The Morgan fingerprint density at radius 2 is 1.95 bits per heavy atom. The summed E-state index contributed by atoms with van der Waals surface area (Å²) in [5, 5.41) is 9.80. The minimum Gasteiger partial charge on any atom is -0.456 e. The zero-order valence-corrected chi connectivity index (χ0v) is 12.0. The topological polar surface area (TPSA) is 48.8 Å². The summed E-state index contributed by atoms with van der Waals surface area (Å²) in [5.41, 5.74) is 2.22. The lowest BCUT2D eigenvalue weighted by atomic mass is 10.1. The van der Waals surface area contributed by atoms with Crippen molar-refractivity contribution in [3.05, 3.63) is 50.7 Å². The Morgan fingerprint density at radius 1 is 1.21 bits per heavy atom. The molecule has 1 heterocycles. The zero-order chi connectivity index (χ0) is 14.0. The van der Waals surface area contributed by atoms with Crippen molar-refractivity contribution in [2.75, 3.05) is 0 Å². The highest BCUT2D eigenvalue weighted by Gasteiger charge is 2.10. The normalized spacial score (nSPS) is 10.0. The van der Waals surface area contributed by atoms with Crippen molar-refractivity contribution in [3.63, 3.8) is 0 Å². The fraction of sp³-hybridized carbons (Fsp3) is 0.143. The maximum Gasteiger partial charge on any atom is 0.149 e. The molecule has 0 amide bonds. The summed E-state index contributed by atoms with van der Waals surface area (Å²) < 4.78 is 6.14. The van der Waals surface area contributed by atoms with Gasteiger partial charge in [-0.05, 0) is 43.2 Å². The van der Waals surface area contributed by atoms with Gasteiger partial charge >= 0.3 is 0 Å². The van der Waals surface area contributed by atoms with E-state index in [-0.39, 0.29) is 0 Å². The van der Waals surface area contributed by atoms with E-state index in [1.54, 1.807) is 24.4 Å². The molecule has 0 radical (unpaired) electrons. The van der Waals surface area contributed by atoms with Crippen LogP contribution in [0.3, 0.4) is 0 Å². The van der Waals surface area contributed by atoms with Crippen LogP contribution in [-0.4, -0.2) is 4.98 Å². The highest BCUT2D eigenvalue weighted by molar-refractivity contribution is 7.71. The van der Waals surface area contributed by atoms with Crippen molar-refractivity contribution >= 4 is 23.8 Å². The molecule has 1 aromatic carbocycles. The number of nitriles is 1. The van der Waals surface area contributed by atoms with Crippen LogP contribution in [0, 0.1) is 29.8 Å². The molecule has 0 spiro atoms. The van der Waals surface area contributed by atoms with E-state index >= 15 is 0 Å². The quantitative estimate of drug-likeness (QED) is 0.817. The molecule has 0 bridgehead atoms. The predicted octanol–water partition coefficient (Wildman–Crippen LogP) is 4.68. The maximum absolute atomic E-state index is 9.11. The molecule has 0 saturated carbocycles. The molecule has 96 valence electrons. The molecule has 0 atom stereocenters. The molecular formula is C14H11ClN2OS. The Kier molecular flexibility index (Phi) is 3.89. The molecule has 2 rings (SSSR count). The van der Waals surface area contributed by atoms with Crippen molar-refractivity contribution in [2.45, 2.75) is 13.8 Å². The summed E-state index contributed by atoms with van der Waals surface area (Å²) in [5.74, 6) is 1.11. The third-order valence-electron chi connectivity index (χ3n) is 2.93. The molecule has 19 heavy (non-hydrogen) atoms. The van der Waals surface area contributed by atoms with Crippen LogP contribution in [0.1, 0.15) is 16.7 Å². The lowest BCUT2D eigenvalue weighted by molar-refractivity contribution is 0.476. The smallest absolute Gasteiger partial charge is 0.149 e. The molecule has 0 saturated heterocycles. The van der Waals surface area contributed by atoms with Gasteiger partial charge in [-0.1, -0.05) is 23.8 Å². The number of H-pyrrole nitrogens is 1. The van der Waals surface area contributed by atoms with E-state index in [9.17, 15) is 0 Å². The van der Waals surface area contributed by atoms with Gasteiger partial charge in [0.1, 0.15) is 27.8 Å². The molecule has 0 aliphatic heterocycles. The largest absolute Gasteiger partial charge is 0.456 e. The Bertz CT molecular complexity index is 731. The van der Waals surface area contributed by atoms with Gasteiger partial charge in [-0.3, -0.25) is 0 Å². The summed E-state index contributed by atoms with van der Waals surface area (Å²) in [4.78, 5) is 2.80. The second-order valence-electron chi connectivity index (χ2n) is 4.06. The first-order valence-electron chi connectivity index (χ1n) is 5.60. The molecule has 0 aliphatic carbocycles. The van der Waals surface area contributed by atoms with E-state index in [0.717, 1.165) is 11.1 Å². The van der Waals surface area contributed by atoms with E-state index in [4.69, 9.17) is 33.8 Å². The summed E-state index contributed by atoms with van der Waals surface area (Å²) in [6.07, 6.45) is 1.65. The Morgan fingerprint density at radius 3 is 2.63 bits per heavy atom. The molecule has 1 N–H and O–H groups in total. The fourth-order valence-corrected chi connectivity index (χ4v) is 2.06. The minimum absolute atomic E-state index is 0.324. The number of rotatable bonds is 2. The van der Waals surface area contributed by atoms with Crippen molar-refractivity contribution in [3.8, 4) is 17.6 Å². The summed E-state index contributed by atoms with van der Waals surface area (Å²) in [6, 6.07) is 7.28. The number of nitrogens with one attached hydrogen (secondary N) is 1. The van der Waals surface area contributed by atoms with Gasteiger partial charge in [0.25, 0.3) is 0 Å².